The number of carbonyl (C=O) groups is 1. The van der Waals surface area contributed by atoms with Gasteiger partial charge >= 0.3 is 0 Å². The summed E-state index contributed by atoms with van der Waals surface area (Å²) in [6.07, 6.45) is 6.53. The van der Waals surface area contributed by atoms with Crippen molar-refractivity contribution in [3.63, 3.8) is 0 Å². The van der Waals surface area contributed by atoms with Gasteiger partial charge in [-0.05, 0) is 54.7 Å². The maximum absolute atomic E-state index is 12.0. The Kier molecular flexibility index (Phi) is 6.22. The fraction of sp³-hybridized carbons (Fsp3) is 0.350. The lowest BCUT2D eigenvalue weighted by Gasteiger charge is -2.22. The number of rotatable bonds is 5. The van der Waals surface area contributed by atoms with E-state index in [9.17, 15) is 4.79 Å². The van der Waals surface area contributed by atoms with Gasteiger partial charge in [0.25, 0.3) is 5.91 Å². The first-order valence-corrected chi connectivity index (χ1v) is 9.35. The molecule has 0 unspecified atom stereocenters. The first-order chi connectivity index (χ1) is 12.1. The summed E-state index contributed by atoms with van der Waals surface area (Å²) in [5.41, 5.74) is 1.96. The molecule has 0 saturated heterocycles. The molecule has 0 spiro atoms. The van der Waals surface area contributed by atoms with Crippen LogP contribution in [0.2, 0.25) is 10.0 Å². The largest absolute Gasteiger partial charge is 0.484 e. The predicted molar refractivity (Wildman–Crippen MR) is 103 cm³/mol. The van der Waals surface area contributed by atoms with E-state index in [1.165, 1.54) is 37.7 Å². The van der Waals surface area contributed by atoms with E-state index in [2.05, 4.69) is 17.4 Å². The van der Waals surface area contributed by atoms with Crippen LogP contribution in [0.15, 0.2) is 42.5 Å². The molecule has 25 heavy (non-hydrogen) atoms. The minimum atomic E-state index is -0.241. The van der Waals surface area contributed by atoms with E-state index >= 15 is 0 Å². The quantitative estimate of drug-likeness (QED) is 0.687. The fourth-order valence-electron chi connectivity index (χ4n) is 3.19. The van der Waals surface area contributed by atoms with Crippen LogP contribution in [0.25, 0.3) is 0 Å². The molecule has 132 valence electrons. The third kappa shape index (κ3) is 5.13. The van der Waals surface area contributed by atoms with Crippen molar-refractivity contribution in [1.82, 2.24) is 0 Å². The number of nitrogens with one attached hydrogen (secondary N) is 1. The van der Waals surface area contributed by atoms with Crippen molar-refractivity contribution in [2.45, 2.75) is 38.0 Å². The Balaban J connectivity index is 1.50. The highest BCUT2D eigenvalue weighted by Crippen LogP contribution is 2.33. The first kappa shape index (κ1) is 18.1. The van der Waals surface area contributed by atoms with Crippen LogP contribution in [0, 0.1) is 0 Å². The van der Waals surface area contributed by atoms with Crippen molar-refractivity contribution in [2.75, 3.05) is 11.9 Å². The van der Waals surface area contributed by atoms with Crippen LogP contribution in [-0.2, 0) is 4.79 Å². The van der Waals surface area contributed by atoms with E-state index in [0.717, 1.165) is 0 Å². The zero-order chi connectivity index (χ0) is 17.6. The molecule has 0 radical (unpaired) electrons. The SMILES string of the molecule is O=C(COc1ccc(C2CCCCC2)cc1)Nc1ccc(Cl)c(Cl)c1. The molecule has 0 bridgehead atoms. The number of hydrogen-bond acceptors (Lipinski definition) is 2. The summed E-state index contributed by atoms with van der Waals surface area (Å²) in [6.45, 7) is -0.0526. The van der Waals surface area contributed by atoms with Crippen LogP contribution < -0.4 is 10.1 Å². The zero-order valence-electron chi connectivity index (χ0n) is 13.9. The fourth-order valence-corrected chi connectivity index (χ4v) is 3.49. The van der Waals surface area contributed by atoms with Crippen molar-refractivity contribution < 1.29 is 9.53 Å². The summed E-state index contributed by atoms with van der Waals surface area (Å²) >= 11 is 11.8. The number of anilines is 1. The Morgan fingerprint density at radius 1 is 1.00 bits per heavy atom. The number of carbonyl (C=O) groups excluding carboxylic acids is 1. The maximum Gasteiger partial charge on any atom is 0.262 e. The summed E-state index contributed by atoms with van der Waals surface area (Å²) in [6, 6.07) is 13.1. The average molecular weight is 378 g/mol. The lowest BCUT2D eigenvalue weighted by molar-refractivity contribution is -0.118. The van der Waals surface area contributed by atoms with Crippen LogP contribution >= 0.6 is 23.2 Å². The van der Waals surface area contributed by atoms with Gasteiger partial charge in [-0.3, -0.25) is 4.79 Å². The van der Waals surface area contributed by atoms with Crippen molar-refractivity contribution in [3.8, 4) is 5.75 Å². The maximum atomic E-state index is 12.0. The molecule has 3 rings (SSSR count). The van der Waals surface area contributed by atoms with Crippen molar-refractivity contribution in [1.29, 1.82) is 0 Å². The highest BCUT2D eigenvalue weighted by atomic mass is 35.5. The molecule has 5 heteroatoms. The summed E-state index contributed by atoms with van der Waals surface area (Å²) in [7, 11) is 0. The molecule has 3 nitrogen and oxygen atoms in total. The van der Waals surface area contributed by atoms with Gasteiger partial charge in [0, 0.05) is 5.69 Å². The zero-order valence-corrected chi connectivity index (χ0v) is 15.4. The smallest absolute Gasteiger partial charge is 0.262 e. The van der Waals surface area contributed by atoms with E-state index in [1.54, 1.807) is 18.2 Å². The van der Waals surface area contributed by atoms with E-state index in [1.807, 2.05) is 12.1 Å². The van der Waals surface area contributed by atoms with Crippen molar-refractivity contribution in [3.05, 3.63) is 58.1 Å². The standard InChI is InChI=1S/C20H21Cl2NO2/c21-18-11-8-16(12-19(18)22)23-20(24)13-25-17-9-6-15(7-10-17)14-4-2-1-3-5-14/h6-12,14H,1-5,13H2,(H,23,24). The van der Waals surface area contributed by atoms with E-state index < -0.39 is 0 Å². The van der Waals surface area contributed by atoms with Crippen LogP contribution in [0.4, 0.5) is 5.69 Å². The van der Waals surface area contributed by atoms with Crippen LogP contribution in [0.1, 0.15) is 43.6 Å². The van der Waals surface area contributed by atoms with Gasteiger partial charge in [0.15, 0.2) is 6.61 Å². The Hall–Kier alpha value is -1.71. The second-order valence-electron chi connectivity index (χ2n) is 6.37. The summed E-state index contributed by atoms with van der Waals surface area (Å²) in [5, 5.41) is 3.59. The molecular weight excluding hydrogens is 357 g/mol. The lowest BCUT2D eigenvalue weighted by Crippen LogP contribution is -2.20. The molecule has 1 saturated carbocycles. The average Bonchev–Trinajstić information content (AvgIpc) is 2.64. The van der Waals surface area contributed by atoms with Crippen molar-refractivity contribution >= 4 is 34.8 Å². The number of amides is 1. The van der Waals surface area contributed by atoms with Gasteiger partial charge in [-0.15, -0.1) is 0 Å². The number of ether oxygens (including phenoxy) is 1. The number of benzene rings is 2. The monoisotopic (exact) mass is 377 g/mol. The van der Waals surface area contributed by atoms with Crippen molar-refractivity contribution in [2.24, 2.45) is 0 Å². The number of halogens is 2. The topological polar surface area (TPSA) is 38.3 Å². The van der Waals surface area contributed by atoms with Crippen LogP contribution in [0.3, 0.4) is 0 Å². The summed E-state index contributed by atoms with van der Waals surface area (Å²) in [4.78, 5) is 12.0. The first-order valence-electron chi connectivity index (χ1n) is 8.59. The molecule has 0 atom stereocenters. The van der Waals surface area contributed by atoms with Gasteiger partial charge in [-0.1, -0.05) is 54.6 Å². The second kappa shape index (κ2) is 8.59. The molecule has 2 aromatic rings. The Bertz CT molecular complexity index is 725. The normalized spacial score (nSPS) is 15.0. The molecule has 1 aliphatic carbocycles. The molecular formula is C20H21Cl2NO2. The number of hydrogen-bond donors (Lipinski definition) is 1. The molecule has 1 N–H and O–H groups in total. The minimum absolute atomic E-state index is 0.0526. The van der Waals surface area contributed by atoms with Gasteiger partial charge in [0.2, 0.25) is 0 Å². The minimum Gasteiger partial charge on any atom is -0.484 e. The van der Waals surface area contributed by atoms with E-state index in [-0.39, 0.29) is 12.5 Å². The Labute approximate surface area is 158 Å². The van der Waals surface area contributed by atoms with Gasteiger partial charge in [0.05, 0.1) is 10.0 Å². The lowest BCUT2D eigenvalue weighted by atomic mass is 9.84. The predicted octanol–water partition coefficient (Wildman–Crippen LogP) is 6.06. The van der Waals surface area contributed by atoms with E-state index in [0.29, 0.717) is 27.4 Å². The van der Waals surface area contributed by atoms with Crippen LogP contribution in [-0.4, -0.2) is 12.5 Å². The Morgan fingerprint density at radius 3 is 2.40 bits per heavy atom. The summed E-state index contributed by atoms with van der Waals surface area (Å²) in [5.74, 6) is 1.12. The highest BCUT2D eigenvalue weighted by Gasteiger charge is 2.15. The molecule has 1 aliphatic rings. The molecule has 2 aromatic carbocycles. The van der Waals surface area contributed by atoms with E-state index in [4.69, 9.17) is 27.9 Å². The molecule has 0 aromatic heterocycles. The van der Waals surface area contributed by atoms with Gasteiger partial charge in [0.1, 0.15) is 5.75 Å². The third-order valence-electron chi connectivity index (χ3n) is 4.53. The molecule has 0 aliphatic heterocycles. The molecule has 1 amide bonds. The Morgan fingerprint density at radius 2 is 1.72 bits per heavy atom. The highest BCUT2D eigenvalue weighted by molar-refractivity contribution is 6.42. The van der Waals surface area contributed by atoms with Gasteiger partial charge in [-0.25, -0.2) is 0 Å². The van der Waals surface area contributed by atoms with Gasteiger partial charge in [-0.2, -0.15) is 0 Å². The summed E-state index contributed by atoms with van der Waals surface area (Å²) < 4.78 is 5.57. The van der Waals surface area contributed by atoms with Crippen LogP contribution in [0.5, 0.6) is 5.75 Å². The third-order valence-corrected chi connectivity index (χ3v) is 5.27. The molecule has 1 fully saturated rings. The second-order valence-corrected chi connectivity index (χ2v) is 7.18. The molecule has 0 heterocycles. The van der Waals surface area contributed by atoms with Gasteiger partial charge < -0.3 is 10.1 Å².